The molecule has 0 saturated heterocycles. The zero-order chi connectivity index (χ0) is 18.5. The van der Waals surface area contributed by atoms with Gasteiger partial charge in [-0.3, -0.25) is 9.78 Å². The minimum atomic E-state index is -0.653. The van der Waals surface area contributed by atoms with E-state index in [1.807, 2.05) is 26.0 Å². The minimum absolute atomic E-state index is 0.308. The van der Waals surface area contributed by atoms with Crippen molar-refractivity contribution in [3.05, 3.63) is 65.4 Å². The number of fused-ring (bicyclic) bond motifs is 1. The van der Waals surface area contributed by atoms with Gasteiger partial charge in [-0.1, -0.05) is 0 Å². The number of halogens is 1. The summed E-state index contributed by atoms with van der Waals surface area (Å²) in [5.74, 6) is 0.384. The molecule has 1 aromatic carbocycles. The Balaban J connectivity index is 1.86. The molecule has 132 valence electrons. The van der Waals surface area contributed by atoms with E-state index in [0.29, 0.717) is 28.3 Å². The number of anilines is 1. The van der Waals surface area contributed by atoms with Crippen molar-refractivity contribution >= 4 is 22.7 Å². The lowest BCUT2D eigenvalue weighted by Gasteiger charge is -2.23. The summed E-state index contributed by atoms with van der Waals surface area (Å²) in [6, 6.07) is 6.09. The van der Waals surface area contributed by atoms with Gasteiger partial charge in [0.15, 0.2) is 0 Å². The monoisotopic (exact) mass is 352 g/mol. The standard InChI is InChI=1S/C20H17FN2O3/c1-20(2)15(11-6-13(25-3)10-22-9-11)8-17(26-20)18-14-5-4-12(21)7-16(14)23-19(18)24/h4-10H,1-3H3,(H,23,24)/b18-17+. The fourth-order valence-electron chi connectivity index (χ4n) is 3.29. The van der Waals surface area contributed by atoms with Crippen LogP contribution in [0, 0.1) is 5.82 Å². The summed E-state index contributed by atoms with van der Waals surface area (Å²) in [5, 5.41) is 2.69. The normalized spacial score (nSPS) is 20.3. The molecule has 0 atom stereocenters. The molecule has 1 amide bonds. The van der Waals surface area contributed by atoms with Gasteiger partial charge in [0.1, 0.15) is 22.9 Å². The molecule has 2 aliphatic rings. The highest BCUT2D eigenvalue weighted by Gasteiger charge is 2.38. The lowest BCUT2D eigenvalue weighted by atomic mass is 9.93. The molecule has 6 heteroatoms. The predicted octanol–water partition coefficient (Wildman–Crippen LogP) is 3.78. The highest BCUT2D eigenvalue weighted by atomic mass is 19.1. The molecule has 26 heavy (non-hydrogen) atoms. The van der Waals surface area contributed by atoms with E-state index in [0.717, 1.165) is 11.1 Å². The van der Waals surface area contributed by atoms with Gasteiger partial charge in [0.25, 0.3) is 5.91 Å². The third-order valence-corrected chi connectivity index (χ3v) is 4.52. The smallest absolute Gasteiger partial charge is 0.260 e. The number of carbonyl (C=O) groups excluding carboxylic acids is 1. The van der Waals surface area contributed by atoms with Crippen molar-refractivity contribution in [3.63, 3.8) is 0 Å². The largest absolute Gasteiger partial charge is 0.495 e. The van der Waals surface area contributed by atoms with Crippen molar-refractivity contribution in [3.8, 4) is 5.75 Å². The number of ether oxygens (including phenoxy) is 2. The van der Waals surface area contributed by atoms with E-state index in [2.05, 4.69) is 10.3 Å². The summed E-state index contributed by atoms with van der Waals surface area (Å²) < 4.78 is 24.8. The van der Waals surface area contributed by atoms with Crippen molar-refractivity contribution in [1.82, 2.24) is 4.98 Å². The van der Waals surface area contributed by atoms with E-state index in [1.165, 1.54) is 12.1 Å². The molecule has 0 spiro atoms. The fraction of sp³-hybridized carbons (Fsp3) is 0.200. The van der Waals surface area contributed by atoms with Crippen molar-refractivity contribution in [2.24, 2.45) is 0 Å². The number of amides is 1. The van der Waals surface area contributed by atoms with Gasteiger partial charge in [-0.2, -0.15) is 0 Å². The topological polar surface area (TPSA) is 60.5 Å². The van der Waals surface area contributed by atoms with E-state index in [-0.39, 0.29) is 5.91 Å². The Kier molecular flexibility index (Phi) is 3.57. The van der Waals surface area contributed by atoms with Gasteiger partial charge in [-0.05, 0) is 44.2 Å². The van der Waals surface area contributed by atoms with Gasteiger partial charge < -0.3 is 14.8 Å². The zero-order valence-corrected chi connectivity index (χ0v) is 14.6. The Labute approximate surface area is 150 Å². The molecule has 4 rings (SSSR count). The Morgan fingerprint density at radius 2 is 2.04 bits per heavy atom. The second-order valence-corrected chi connectivity index (χ2v) is 6.67. The summed E-state index contributed by atoms with van der Waals surface area (Å²) in [6.45, 7) is 3.84. The van der Waals surface area contributed by atoms with Crippen LogP contribution in [0.4, 0.5) is 10.1 Å². The number of hydrogen-bond acceptors (Lipinski definition) is 4. The van der Waals surface area contributed by atoms with Crippen LogP contribution in [0.25, 0.3) is 11.1 Å². The molecule has 0 saturated carbocycles. The van der Waals surface area contributed by atoms with Crippen LogP contribution < -0.4 is 10.1 Å². The molecule has 0 unspecified atom stereocenters. The van der Waals surface area contributed by atoms with Crippen LogP contribution >= 0.6 is 0 Å². The minimum Gasteiger partial charge on any atom is -0.495 e. The highest BCUT2D eigenvalue weighted by Crippen LogP contribution is 2.44. The molecule has 0 radical (unpaired) electrons. The number of allylic oxidation sites excluding steroid dienone is 1. The van der Waals surface area contributed by atoms with Crippen molar-refractivity contribution in [1.29, 1.82) is 0 Å². The second-order valence-electron chi connectivity index (χ2n) is 6.67. The SMILES string of the molecule is COc1cncc(C2=C/C(=C3\C(=O)Nc4cc(F)ccc43)OC2(C)C)c1. The van der Waals surface area contributed by atoms with E-state index in [9.17, 15) is 9.18 Å². The highest BCUT2D eigenvalue weighted by molar-refractivity contribution is 6.32. The van der Waals surface area contributed by atoms with Crippen LogP contribution in [-0.2, 0) is 9.53 Å². The zero-order valence-electron chi connectivity index (χ0n) is 14.6. The summed E-state index contributed by atoms with van der Waals surface area (Å²) >= 11 is 0. The summed E-state index contributed by atoms with van der Waals surface area (Å²) in [7, 11) is 1.58. The first-order valence-electron chi connectivity index (χ1n) is 8.15. The Hall–Kier alpha value is -3.15. The van der Waals surface area contributed by atoms with Crippen molar-refractivity contribution in [2.45, 2.75) is 19.4 Å². The van der Waals surface area contributed by atoms with Crippen molar-refractivity contribution < 1.29 is 18.7 Å². The Morgan fingerprint density at radius 1 is 1.23 bits per heavy atom. The molecule has 0 bridgehead atoms. The third-order valence-electron chi connectivity index (χ3n) is 4.52. The van der Waals surface area contributed by atoms with Gasteiger partial charge in [0.05, 0.1) is 24.6 Å². The van der Waals surface area contributed by atoms with E-state index >= 15 is 0 Å². The molecular weight excluding hydrogens is 335 g/mol. The maximum atomic E-state index is 13.4. The van der Waals surface area contributed by atoms with Gasteiger partial charge in [-0.25, -0.2) is 4.39 Å². The third kappa shape index (κ3) is 2.54. The molecule has 1 aromatic heterocycles. The number of carbonyl (C=O) groups is 1. The van der Waals surface area contributed by atoms with E-state index < -0.39 is 11.4 Å². The van der Waals surface area contributed by atoms with Crippen LogP contribution in [0.15, 0.2) is 48.5 Å². The number of methoxy groups -OCH3 is 1. The summed E-state index contributed by atoms with van der Waals surface area (Å²) in [4.78, 5) is 16.6. The average Bonchev–Trinajstić information content (AvgIpc) is 3.09. The number of rotatable bonds is 2. The number of aromatic nitrogens is 1. The van der Waals surface area contributed by atoms with Crippen LogP contribution in [0.2, 0.25) is 0 Å². The predicted molar refractivity (Wildman–Crippen MR) is 95.9 cm³/mol. The van der Waals surface area contributed by atoms with E-state index in [1.54, 1.807) is 25.6 Å². The maximum Gasteiger partial charge on any atom is 0.260 e. The molecule has 2 aromatic rings. The van der Waals surface area contributed by atoms with Gasteiger partial charge in [0.2, 0.25) is 0 Å². The van der Waals surface area contributed by atoms with Crippen LogP contribution in [0.1, 0.15) is 25.0 Å². The van der Waals surface area contributed by atoms with Gasteiger partial charge in [-0.15, -0.1) is 0 Å². The first-order valence-corrected chi connectivity index (χ1v) is 8.15. The summed E-state index contributed by atoms with van der Waals surface area (Å²) in [5.41, 5.74) is 2.56. The summed E-state index contributed by atoms with van der Waals surface area (Å²) in [6.07, 6.45) is 5.19. The van der Waals surface area contributed by atoms with Crippen LogP contribution in [-0.4, -0.2) is 23.6 Å². The number of nitrogens with one attached hydrogen (secondary N) is 1. The first kappa shape index (κ1) is 16.3. The van der Waals surface area contributed by atoms with Gasteiger partial charge >= 0.3 is 0 Å². The number of pyridine rings is 1. The lowest BCUT2D eigenvalue weighted by Crippen LogP contribution is -2.21. The van der Waals surface area contributed by atoms with Crippen LogP contribution in [0.3, 0.4) is 0 Å². The Morgan fingerprint density at radius 3 is 2.81 bits per heavy atom. The number of benzene rings is 1. The molecule has 1 N–H and O–H groups in total. The molecule has 5 nitrogen and oxygen atoms in total. The maximum absolute atomic E-state index is 13.4. The van der Waals surface area contributed by atoms with E-state index in [4.69, 9.17) is 9.47 Å². The number of hydrogen-bond donors (Lipinski definition) is 1. The molecular formula is C20H17FN2O3. The molecule has 2 aliphatic heterocycles. The second kappa shape index (κ2) is 5.69. The van der Waals surface area contributed by atoms with Gasteiger partial charge in [0, 0.05) is 22.9 Å². The quantitative estimate of drug-likeness (QED) is 0.836. The Bertz CT molecular complexity index is 992. The molecule has 0 aliphatic carbocycles. The number of nitrogens with zero attached hydrogens (tertiary/aromatic N) is 1. The lowest BCUT2D eigenvalue weighted by molar-refractivity contribution is -0.111. The van der Waals surface area contributed by atoms with Crippen molar-refractivity contribution in [2.75, 3.05) is 12.4 Å². The fourth-order valence-corrected chi connectivity index (χ4v) is 3.29. The van der Waals surface area contributed by atoms with Crippen LogP contribution in [0.5, 0.6) is 5.75 Å². The molecule has 0 fully saturated rings. The first-order chi connectivity index (χ1) is 12.4. The molecule has 3 heterocycles. The average molecular weight is 352 g/mol.